The molecule has 2 saturated heterocycles. The summed E-state index contributed by atoms with van der Waals surface area (Å²) in [6.07, 6.45) is 2.51. The predicted molar refractivity (Wildman–Crippen MR) is 150 cm³/mol. The van der Waals surface area contributed by atoms with E-state index in [0.29, 0.717) is 25.3 Å². The number of primary amides is 1. The van der Waals surface area contributed by atoms with E-state index < -0.39 is 18.1 Å². The number of fused-ring (bicyclic) bond motifs is 1. The summed E-state index contributed by atoms with van der Waals surface area (Å²) in [5.41, 5.74) is 8.70. The van der Waals surface area contributed by atoms with Crippen LogP contribution in [0, 0.1) is 5.41 Å². The molecule has 3 N–H and O–H groups in total. The molecule has 0 aromatic heterocycles. The van der Waals surface area contributed by atoms with Crippen LogP contribution in [-0.2, 0) is 16.0 Å². The van der Waals surface area contributed by atoms with Crippen LogP contribution in [0.15, 0.2) is 42.5 Å². The Balaban J connectivity index is 1.21. The minimum atomic E-state index is -0.791. The van der Waals surface area contributed by atoms with Crippen LogP contribution in [0.1, 0.15) is 62.4 Å². The maximum atomic E-state index is 13.0. The van der Waals surface area contributed by atoms with Gasteiger partial charge in [-0.1, -0.05) is 39.0 Å². The first kappa shape index (κ1) is 28.0. The minimum absolute atomic E-state index is 0.0605. The molecule has 2 atom stereocenters. The Hall–Kier alpha value is -3.59. The van der Waals surface area contributed by atoms with Gasteiger partial charge in [-0.25, -0.2) is 4.79 Å². The van der Waals surface area contributed by atoms with Gasteiger partial charge >= 0.3 is 6.09 Å². The summed E-state index contributed by atoms with van der Waals surface area (Å²) >= 11 is 0. The molecule has 0 aliphatic carbocycles. The molecule has 0 saturated carbocycles. The standard InChI is InChI=1S/C31H39N3O6/c1-30(2,3)19-39-29(38)33-14-12-31(13-15-33)11-10-23-16-22(8-9-26(23)40-31)20-4-6-21(7-5-20)28(37)34-18-24(35)17-25(34)27(32)36/h4-9,16,24-25,35H,10-15,17-19H2,1-3H3,(H2,32,36)/t24-,25?/m0/s1. The summed E-state index contributed by atoms with van der Waals surface area (Å²) in [5.74, 6) is -0.0380. The van der Waals surface area contributed by atoms with Crippen molar-refractivity contribution in [1.29, 1.82) is 0 Å². The number of aliphatic hydroxyl groups excluding tert-OH is 1. The van der Waals surface area contributed by atoms with Gasteiger partial charge < -0.3 is 30.1 Å². The van der Waals surface area contributed by atoms with Crippen LogP contribution >= 0.6 is 0 Å². The van der Waals surface area contributed by atoms with Crippen LogP contribution in [0.5, 0.6) is 5.75 Å². The van der Waals surface area contributed by atoms with Crippen LogP contribution in [0.25, 0.3) is 11.1 Å². The fourth-order valence-corrected chi connectivity index (χ4v) is 5.80. The number of carbonyl (C=O) groups is 3. The van der Waals surface area contributed by atoms with E-state index in [1.807, 2.05) is 45.0 Å². The number of nitrogens with zero attached hydrogens (tertiary/aromatic N) is 2. The number of rotatable bonds is 4. The Bertz CT molecular complexity index is 1280. The Morgan fingerprint density at radius 3 is 2.38 bits per heavy atom. The van der Waals surface area contributed by atoms with E-state index in [1.165, 1.54) is 4.90 Å². The van der Waals surface area contributed by atoms with Crippen molar-refractivity contribution in [3.8, 4) is 16.9 Å². The Kier molecular flexibility index (Phi) is 7.52. The van der Waals surface area contributed by atoms with Crippen LogP contribution in [-0.4, -0.2) is 76.8 Å². The van der Waals surface area contributed by atoms with E-state index in [-0.39, 0.29) is 36.0 Å². The number of hydrogen-bond donors (Lipinski definition) is 2. The zero-order valence-electron chi connectivity index (χ0n) is 23.5. The highest BCUT2D eigenvalue weighted by Gasteiger charge is 2.41. The number of ether oxygens (including phenoxy) is 2. The van der Waals surface area contributed by atoms with Gasteiger partial charge in [0.1, 0.15) is 17.4 Å². The quantitative estimate of drug-likeness (QED) is 0.599. The van der Waals surface area contributed by atoms with Gasteiger partial charge in [0.05, 0.1) is 12.7 Å². The maximum absolute atomic E-state index is 13.0. The number of hydrogen-bond acceptors (Lipinski definition) is 6. The number of likely N-dealkylation sites (tertiary alicyclic amines) is 2. The molecule has 3 aliphatic heterocycles. The molecular formula is C31H39N3O6. The number of amides is 3. The largest absolute Gasteiger partial charge is 0.487 e. The summed E-state index contributed by atoms with van der Waals surface area (Å²) in [6.45, 7) is 7.88. The number of piperidine rings is 1. The molecule has 0 radical (unpaired) electrons. The van der Waals surface area contributed by atoms with E-state index in [0.717, 1.165) is 48.1 Å². The zero-order valence-corrected chi connectivity index (χ0v) is 23.5. The number of β-amino-alcohol motifs (C(OH)–C–C–N with tert-alkyl or cyclic N) is 1. The highest BCUT2D eigenvalue weighted by atomic mass is 16.6. The van der Waals surface area contributed by atoms with E-state index >= 15 is 0 Å². The van der Waals surface area contributed by atoms with Crippen molar-refractivity contribution in [2.45, 2.75) is 70.6 Å². The zero-order chi connectivity index (χ0) is 28.7. The third-order valence-electron chi connectivity index (χ3n) is 8.13. The summed E-state index contributed by atoms with van der Waals surface area (Å²) in [4.78, 5) is 40.3. The first-order chi connectivity index (χ1) is 18.9. The topological polar surface area (TPSA) is 122 Å². The van der Waals surface area contributed by atoms with Crippen molar-refractivity contribution in [2.24, 2.45) is 11.1 Å². The van der Waals surface area contributed by atoms with Gasteiger partial charge in [0, 0.05) is 44.5 Å². The fraction of sp³-hybridized carbons (Fsp3) is 0.516. The van der Waals surface area contributed by atoms with Crippen molar-refractivity contribution in [3.05, 3.63) is 53.6 Å². The molecule has 1 spiro atoms. The summed E-state index contributed by atoms with van der Waals surface area (Å²) < 4.78 is 12.0. The molecule has 2 fully saturated rings. The lowest BCUT2D eigenvalue weighted by molar-refractivity contribution is -0.121. The summed E-state index contributed by atoms with van der Waals surface area (Å²) in [7, 11) is 0. The second kappa shape index (κ2) is 10.8. The average Bonchev–Trinajstić information content (AvgIpc) is 3.33. The fourth-order valence-electron chi connectivity index (χ4n) is 5.80. The highest BCUT2D eigenvalue weighted by Crippen LogP contribution is 2.41. The summed E-state index contributed by atoms with van der Waals surface area (Å²) in [5, 5.41) is 9.93. The molecule has 2 aromatic rings. The molecule has 3 amide bonds. The monoisotopic (exact) mass is 549 g/mol. The Labute approximate surface area is 235 Å². The Morgan fingerprint density at radius 1 is 1.05 bits per heavy atom. The van der Waals surface area contributed by atoms with E-state index in [9.17, 15) is 19.5 Å². The minimum Gasteiger partial charge on any atom is -0.487 e. The molecule has 40 heavy (non-hydrogen) atoms. The normalized spacial score (nSPS) is 22.0. The van der Waals surface area contributed by atoms with Gasteiger partial charge in [-0.3, -0.25) is 9.59 Å². The van der Waals surface area contributed by atoms with Crippen molar-refractivity contribution in [2.75, 3.05) is 26.2 Å². The first-order valence-electron chi connectivity index (χ1n) is 14.1. The van der Waals surface area contributed by atoms with E-state index in [4.69, 9.17) is 15.2 Å². The van der Waals surface area contributed by atoms with E-state index in [2.05, 4.69) is 6.07 Å². The van der Waals surface area contributed by atoms with Gasteiger partial charge in [0.25, 0.3) is 5.91 Å². The van der Waals surface area contributed by atoms with Gasteiger partial charge in [-0.15, -0.1) is 0 Å². The lowest BCUT2D eigenvalue weighted by Gasteiger charge is -2.44. The van der Waals surface area contributed by atoms with Gasteiger partial charge in [0.15, 0.2) is 0 Å². The molecule has 9 nitrogen and oxygen atoms in total. The van der Waals surface area contributed by atoms with Crippen LogP contribution in [0.2, 0.25) is 0 Å². The number of aryl methyl sites for hydroxylation is 1. The van der Waals surface area contributed by atoms with Crippen molar-refractivity contribution >= 4 is 17.9 Å². The molecule has 1 unspecified atom stereocenters. The lowest BCUT2D eigenvalue weighted by atomic mass is 9.82. The average molecular weight is 550 g/mol. The maximum Gasteiger partial charge on any atom is 0.409 e. The van der Waals surface area contributed by atoms with Crippen molar-refractivity contribution in [1.82, 2.24) is 9.80 Å². The third kappa shape index (κ3) is 5.94. The molecule has 5 rings (SSSR count). The van der Waals surface area contributed by atoms with Crippen molar-refractivity contribution in [3.63, 3.8) is 0 Å². The lowest BCUT2D eigenvalue weighted by Crippen LogP contribution is -2.51. The van der Waals surface area contributed by atoms with Gasteiger partial charge in [-0.05, 0) is 59.2 Å². The van der Waals surface area contributed by atoms with Crippen molar-refractivity contribution < 1.29 is 29.0 Å². The Morgan fingerprint density at radius 2 is 1.73 bits per heavy atom. The van der Waals surface area contributed by atoms with Crippen LogP contribution in [0.3, 0.4) is 0 Å². The second-order valence-corrected chi connectivity index (χ2v) is 12.6. The highest BCUT2D eigenvalue weighted by molar-refractivity contribution is 5.98. The predicted octanol–water partition coefficient (Wildman–Crippen LogP) is 3.76. The van der Waals surface area contributed by atoms with Gasteiger partial charge in [0.2, 0.25) is 5.91 Å². The third-order valence-corrected chi connectivity index (χ3v) is 8.13. The number of aliphatic hydroxyl groups is 1. The number of benzene rings is 2. The molecule has 214 valence electrons. The van der Waals surface area contributed by atoms with E-state index in [1.54, 1.807) is 17.0 Å². The molecule has 2 aromatic carbocycles. The SMILES string of the molecule is CC(C)(C)COC(=O)N1CCC2(CCc3cc(-c4ccc(C(=O)N5C[C@@H](O)CC5C(N)=O)cc4)ccc3O2)CC1. The molecule has 3 aliphatic rings. The first-order valence-corrected chi connectivity index (χ1v) is 14.1. The molecule has 9 heteroatoms. The smallest absolute Gasteiger partial charge is 0.409 e. The number of nitrogens with two attached hydrogens (primary N) is 1. The van der Waals surface area contributed by atoms with Crippen LogP contribution in [0.4, 0.5) is 4.79 Å². The second-order valence-electron chi connectivity index (χ2n) is 12.6. The molecule has 3 heterocycles. The molecule has 0 bridgehead atoms. The summed E-state index contributed by atoms with van der Waals surface area (Å²) in [6, 6.07) is 12.6. The molecular weight excluding hydrogens is 510 g/mol. The van der Waals surface area contributed by atoms with Gasteiger partial charge in [-0.2, -0.15) is 0 Å². The van der Waals surface area contributed by atoms with Crippen LogP contribution < -0.4 is 10.5 Å². The number of carbonyl (C=O) groups excluding carboxylic acids is 3.